The molecule has 0 amide bonds. The van der Waals surface area contributed by atoms with Gasteiger partial charge in [0.05, 0.1) is 11.4 Å². The van der Waals surface area contributed by atoms with Gasteiger partial charge in [0.1, 0.15) is 17.5 Å². The summed E-state index contributed by atoms with van der Waals surface area (Å²) < 4.78 is 1.62. The largest absolute Gasteiger partial charge is 0.382 e. The Morgan fingerprint density at radius 2 is 1.94 bits per heavy atom. The van der Waals surface area contributed by atoms with Gasteiger partial charge in [-0.2, -0.15) is 10.4 Å². The summed E-state index contributed by atoms with van der Waals surface area (Å²) in [6.45, 7) is 6.84. The summed E-state index contributed by atoms with van der Waals surface area (Å²) in [6, 6.07) is 18.2. The van der Waals surface area contributed by atoms with Crippen molar-refractivity contribution in [2.45, 2.75) is 39.5 Å². The predicted molar refractivity (Wildman–Crippen MR) is 142 cm³/mol. The van der Waals surface area contributed by atoms with Crippen LogP contribution < -0.4 is 16.8 Å². The summed E-state index contributed by atoms with van der Waals surface area (Å²) in [5.41, 5.74) is 17.4. The molecule has 0 saturated heterocycles. The molecule has 0 atom stereocenters. The van der Waals surface area contributed by atoms with E-state index >= 15 is 0 Å². The lowest BCUT2D eigenvalue weighted by Gasteiger charge is -2.09. The maximum absolute atomic E-state index is 9.53. The summed E-state index contributed by atoms with van der Waals surface area (Å²) in [5, 5.41) is 17.2. The lowest BCUT2D eigenvalue weighted by atomic mass is 10.0. The summed E-state index contributed by atoms with van der Waals surface area (Å²) >= 11 is 0. The van der Waals surface area contributed by atoms with Crippen LogP contribution in [0.5, 0.6) is 0 Å². The van der Waals surface area contributed by atoms with Gasteiger partial charge in [-0.15, -0.1) is 24.0 Å². The topological polar surface area (TPSA) is 118 Å². The van der Waals surface area contributed by atoms with E-state index < -0.39 is 0 Å². The SMILES string of the molecule is Cc1ccc(-n2nc(CCCN=C(N)Nc3cccc(C(C)C)c3)c(C#N)c2N)cc1.I. The molecule has 2 aromatic carbocycles. The summed E-state index contributed by atoms with van der Waals surface area (Å²) in [6.07, 6.45) is 1.29. The van der Waals surface area contributed by atoms with E-state index in [0.717, 1.165) is 16.9 Å². The molecule has 0 aliphatic rings. The number of nitrogens with one attached hydrogen (secondary N) is 1. The van der Waals surface area contributed by atoms with Gasteiger partial charge >= 0.3 is 0 Å². The first-order valence-electron chi connectivity index (χ1n) is 10.4. The van der Waals surface area contributed by atoms with E-state index in [1.165, 1.54) is 5.56 Å². The fraction of sp³-hybridized carbons (Fsp3) is 0.292. The molecule has 0 aliphatic heterocycles. The van der Waals surface area contributed by atoms with Crippen molar-refractivity contribution in [1.82, 2.24) is 9.78 Å². The molecule has 5 N–H and O–H groups in total. The predicted octanol–water partition coefficient (Wildman–Crippen LogP) is 4.74. The van der Waals surface area contributed by atoms with Crippen LogP contribution >= 0.6 is 24.0 Å². The number of nitriles is 1. The first-order valence-corrected chi connectivity index (χ1v) is 10.4. The lowest BCUT2D eigenvalue weighted by Crippen LogP contribution is -2.23. The number of aryl methyl sites for hydroxylation is 2. The number of hydrogen-bond donors (Lipinski definition) is 3. The average Bonchev–Trinajstić information content (AvgIpc) is 3.07. The van der Waals surface area contributed by atoms with E-state index in [4.69, 9.17) is 11.5 Å². The van der Waals surface area contributed by atoms with Crippen molar-refractivity contribution >= 4 is 41.4 Å². The van der Waals surface area contributed by atoms with Crippen molar-refractivity contribution in [2.75, 3.05) is 17.6 Å². The van der Waals surface area contributed by atoms with Crippen molar-refractivity contribution in [3.63, 3.8) is 0 Å². The van der Waals surface area contributed by atoms with Gasteiger partial charge in [-0.3, -0.25) is 4.99 Å². The van der Waals surface area contributed by atoms with Crippen LogP contribution in [0.4, 0.5) is 11.5 Å². The van der Waals surface area contributed by atoms with E-state index in [1.807, 2.05) is 43.3 Å². The van der Waals surface area contributed by atoms with Gasteiger partial charge in [0.2, 0.25) is 0 Å². The van der Waals surface area contributed by atoms with Gasteiger partial charge in [-0.05, 0) is 55.5 Å². The molecule has 0 bridgehead atoms. The second-order valence-electron chi connectivity index (χ2n) is 7.84. The monoisotopic (exact) mass is 543 g/mol. The van der Waals surface area contributed by atoms with Crippen molar-refractivity contribution in [2.24, 2.45) is 10.7 Å². The van der Waals surface area contributed by atoms with Gasteiger partial charge in [0.15, 0.2) is 5.96 Å². The number of halogens is 1. The summed E-state index contributed by atoms with van der Waals surface area (Å²) in [7, 11) is 0. The maximum Gasteiger partial charge on any atom is 0.193 e. The highest BCUT2D eigenvalue weighted by Gasteiger charge is 2.16. The molecular formula is C24H30IN7. The van der Waals surface area contributed by atoms with Gasteiger partial charge in [0, 0.05) is 12.2 Å². The molecule has 7 nitrogen and oxygen atoms in total. The smallest absolute Gasteiger partial charge is 0.193 e. The zero-order valence-corrected chi connectivity index (χ0v) is 21.0. The van der Waals surface area contributed by atoms with Crippen LogP contribution in [0.2, 0.25) is 0 Å². The number of rotatable bonds is 7. The molecule has 0 spiro atoms. The highest BCUT2D eigenvalue weighted by Crippen LogP contribution is 2.22. The molecular weight excluding hydrogens is 513 g/mol. The molecule has 8 heteroatoms. The van der Waals surface area contributed by atoms with Crippen LogP contribution in [-0.4, -0.2) is 22.3 Å². The minimum atomic E-state index is 0. The molecule has 3 aromatic rings. The van der Waals surface area contributed by atoms with Gasteiger partial charge in [-0.1, -0.05) is 43.7 Å². The normalized spacial score (nSPS) is 11.2. The summed E-state index contributed by atoms with van der Waals surface area (Å²) in [5.74, 6) is 1.17. The number of guanidine groups is 1. The number of aromatic nitrogens is 2. The van der Waals surface area contributed by atoms with Crippen LogP contribution in [-0.2, 0) is 6.42 Å². The third-order valence-corrected chi connectivity index (χ3v) is 5.06. The fourth-order valence-electron chi connectivity index (χ4n) is 3.27. The first-order chi connectivity index (χ1) is 14.9. The fourth-order valence-corrected chi connectivity index (χ4v) is 3.27. The Labute approximate surface area is 206 Å². The average molecular weight is 543 g/mol. The van der Waals surface area contributed by atoms with Crippen LogP contribution in [0.1, 0.15) is 48.6 Å². The van der Waals surface area contributed by atoms with Crippen molar-refractivity contribution in [3.8, 4) is 11.8 Å². The van der Waals surface area contributed by atoms with Crippen molar-refractivity contribution in [1.29, 1.82) is 5.26 Å². The Balaban J connectivity index is 0.00000363. The molecule has 0 unspecified atom stereocenters. The second-order valence-corrected chi connectivity index (χ2v) is 7.84. The zero-order valence-electron chi connectivity index (χ0n) is 18.7. The molecule has 3 rings (SSSR count). The van der Waals surface area contributed by atoms with E-state index in [0.29, 0.717) is 48.3 Å². The number of aliphatic imine (C=N–C) groups is 1. The van der Waals surface area contributed by atoms with Gasteiger partial charge in [0.25, 0.3) is 0 Å². The van der Waals surface area contributed by atoms with Gasteiger partial charge in [-0.25, -0.2) is 4.68 Å². The molecule has 0 saturated carbocycles. The second kappa shape index (κ2) is 11.5. The third kappa shape index (κ3) is 6.23. The maximum atomic E-state index is 9.53. The van der Waals surface area contributed by atoms with Gasteiger partial charge < -0.3 is 16.8 Å². The molecule has 1 heterocycles. The van der Waals surface area contributed by atoms with E-state index in [1.54, 1.807) is 4.68 Å². The molecule has 0 fully saturated rings. The lowest BCUT2D eigenvalue weighted by molar-refractivity contribution is 0.776. The number of anilines is 2. The quantitative estimate of drug-likeness (QED) is 0.172. The number of hydrogen-bond acceptors (Lipinski definition) is 4. The van der Waals surface area contributed by atoms with E-state index in [2.05, 4.69) is 47.5 Å². The molecule has 1 aromatic heterocycles. The van der Waals surface area contributed by atoms with E-state index in [-0.39, 0.29) is 24.0 Å². The van der Waals surface area contributed by atoms with Crippen molar-refractivity contribution in [3.05, 3.63) is 70.9 Å². The number of nitrogen functional groups attached to an aromatic ring is 1. The highest BCUT2D eigenvalue weighted by molar-refractivity contribution is 14.0. The number of nitrogens with two attached hydrogens (primary N) is 2. The highest BCUT2D eigenvalue weighted by atomic mass is 127. The molecule has 0 aliphatic carbocycles. The Bertz CT molecular complexity index is 1110. The van der Waals surface area contributed by atoms with Crippen molar-refractivity contribution < 1.29 is 0 Å². The molecule has 0 radical (unpaired) electrons. The molecule has 168 valence electrons. The van der Waals surface area contributed by atoms with Crippen LogP contribution in [0, 0.1) is 18.3 Å². The Hall–Kier alpha value is -3.06. The van der Waals surface area contributed by atoms with Crippen LogP contribution in [0.3, 0.4) is 0 Å². The molecule has 32 heavy (non-hydrogen) atoms. The number of nitrogens with zero attached hydrogens (tertiary/aromatic N) is 4. The summed E-state index contributed by atoms with van der Waals surface area (Å²) in [4.78, 5) is 4.40. The Kier molecular flexibility index (Phi) is 9.08. The Morgan fingerprint density at radius 3 is 2.59 bits per heavy atom. The van der Waals surface area contributed by atoms with Crippen LogP contribution in [0.15, 0.2) is 53.5 Å². The zero-order chi connectivity index (χ0) is 22.4. The minimum absolute atomic E-state index is 0. The Morgan fingerprint density at radius 1 is 1.22 bits per heavy atom. The van der Waals surface area contributed by atoms with Crippen LogP contribution in [0.25, 0.3) is 5.69 Å². The number of benzene rings is 2. The minimum Gasteiger partial charge on any atom is -0.382 e. The standard InChI is InChI=1S/C24H29N7.HI/c1-16(2)18-6-4-7-19(14-18)29-24(27)28-13-5-8-22-21(15-25)23(26)31(30-22)20-11-9-17(3)10-12-20;/h4,6-7,9-12,14,16H,5,8,13,26H2,1-3H3,(H3,27,28,29);1H. The third-order valence-electron chi connectivity index (χ3n) is 5.06. The van der Waals surface area contributed by atoms with E-state index in [9.17, 15) is 5.26 Å². The first kappa shape index (κ1) is 25.2.